The fourth-order valence-corrected chi connectivity index (χ4v) is 5.69. The first-order chi connectivity index (χ1) is 17.9. The molecule has 1 atom stereocenters. The van der Waals surface area contributed by atoms with E-state index in [0.717, 1.165) is 30.4 Å². The molecule has 3 aromatic carbocycles. The summed E-state index contributed by atoms with van der Waals surface area (Å²) in [6, 6.07) is 22.0. The third-order valence-electron chi connectivity index (χ3n) is 7.80. The number of aliphatic hydroxyl groups is 1. The van der Waals surface area contributed by atoms with E-state index >= 15 is 0 Å². The molecule has 1 saturated heterocycles. The van der Waals surface area contributed by atoms with Crippen LogP contribution in [-0.4, -0.2) is 63.8 Å². The van der Waals surface area contributed by atoms with Crippen molar-refractivity contribution in [2.24, 2.45) is 0 Å². The largest absolute Gasteiger partial charge is 0.489 e. The predicted octanol–water partition coefficient (Wildman–Crippen LogP) is 5.02. The summed E-state index contributed by atoms with van der Waals surface area (Å²) in [6.45, 7) is 1.68. The highest BCUT2D eigenvalue weighted by molar-refractivity contribution is 5.86. The standard InChI is InChI=1S/C30H34N2O5/c33-28(31-16-18-32(19-17-31)29(34)35)27(30(36)14-4-1-5-15-30)24-10-12-26(13-11-24)37-21-22-8-9-23-6-2-3-7-25(23)20-22/h2-3,6-13,20,27,36H,1,4-5,14-19,21H2,(H,34,35). The van der Waals surface area contributed by atoms with Gasteiger partial charge in [-0.1, -0.05) is 67.8 Å². The molecule has 0 bridgehead atoms. The van der Waals surface area contributed by atoms with Gasteiger partial charge >= 0.3 is 6.09 Å². The van der Waals surface area contributed by atoms with E-state index in [-0.39, 0.29) is 19.0 Å². The number of carbonyl (C=O) groups excluding carboxylic acids is 1. The van der Waals surface area contributed by atoms with E-state index in [2.05, 4.69) is 30.3 Å². The highest BCUT2D eigenvalue weighted by Gasteiger charge is 2.45. The lowest BCUT2D eigenvalue weighted by Gasteiger charge is -2.42. The number of hydrogen-bond acceptors (Lipinski definition) is 4. The van der Waals surface area contributed by atoms with Crippen LogP contribution in [0, 0.1) is 0 Å². The summed E-state index contributed by atoms with van der Waals surface area (Å²) in [6.07, 6.45) is 3.04. The van der Waals surface area contributed by atoms with Crippen molar-refractivity contribution in [2.75, 3.05) is 26.2 Å². The summed E-state index contributed by atoms with van der Waals surface area (Å²) in [5.74, 6) is -0.105. The first-order valence-corrected chi connectivity index (χ1v) is 13.1. The van der Waals surface area contributed by atoms with Crippen LogP contribution >= 0.6 is 0 Å². The Labute approximate surface area is 217 Å². The molecule has 7 heteroatoms. The lowest BCUT2D eigenvalue weighted by Crippen LogP contribution is -2.54. The molecule has 5 rings (SSSR count). The van der Waals surface area contributed by atoms with E-state index < -0.39 is 17.6 Å². The highest BCUT2D eigenvalue weighted by Crippen LogP contribution is 2.41. The SMILES string of the molecule is O=C(O)N1CCN(C(=O)C(c2ccc(OCc3ccc4ccccc4c3)cc2)C2(O)CCCCC2)CC1. The zero-order chi connectivity index (χ0) is 25.8. The predicted molar refractivity (Wildman–Crippen MR) is 142 cm³/mol. The second-order valence-corrected chi connectivity index (χ2v) is 10.2. The van der Waals surface area contributed by atoms with Crippen LogP contribution in [-0.2, 0) is 11.4 Å². The molecule has 1 saturated carbocycles. The summed E-state index contributed by atoms with van der Waals surface area (Å²) in [4.78, 5) is 28.1. The van der Waals surface area contributed by atoms with Crippen molar-refractivity contribution in [3.05, 3.63) is 77.9 Å². The molecule has 2 aliphatic rings. The van der Waals surface area contributed by atoms with Crippen molar-refractivity contribution in [1.82, 2.24) is 9.80 Å². The zero-order valence-corrected chi connectivity index (χ0v) is 21.0. The highest BCUT2D eigenvalue weighted by atomic mass is 16.5. The third-order valence-corrected chi connectivity index (χ3v) is 7.80. The van der Waals surface area contributed by atoms with E-state index in [9.17, 15) is 19.8 Å². The quantitative estimate of drug-likeness (QED) is 0.494. The van der Waals surface area contributed by atoms with Gasteiger partial charge in [-0.15, -0.1) is 0 Å². The van der Waals surface area contributed by atoms with Crippen molar-refractivity contribution in [3.8, 4) is 5.75 Å². The molecule has 3 aromatic rings. The molecule has 37 heavy (non-hydrogen) atoms. The Morgan fingerprint density at radius 1 is 0.838 bits per heavy atom. The molecular formula is C30H34N2O5. The van der Waals surface area contributed by atoms with E-state index in [4.69, 9.17) is 4.74 Å². The monoisotopic (exact) mass is 502 g/mol. The summed E-state index contributed by atoms with van der Waals surface area (Å²) < 4.78 is 6.04. The number of rotatable bonds is 6. The smallest absolute Gasteiger partial charge is 0.407 e. The van der Waals surface area contributed by atoms with Gasteiger partial charge in [-0.25, -0.2) is 4.79 Å². The second kappa shape index (κ2) is 10.8. The molecule has 7 nitrogen and oxygen atoms in total. The van der Waals surface area contributed by atoms with Gasteiger partial charge in [-0.05, 0) is 52.9 Å². The van der Waals surface area contributed by atoms with Gasteiger partial charge in [0.2, 0.25) is 5.91 Å². The van der Waals surface area contributed by atoms with Crippen molar-refractivity contribution in [1.29, 1.82) is 0 Å². The molecular weight excluding hydrogens is 468 g/mol. The van der Waals surface area contributed by atoms with Gasteiger partial charge in [0.25, 0.3) is 0 Å². The van der Waals surface area contributed by atoms with Crippen LogP contribution in [0.25, 0.3) is 10.8 Å². The summed E-state index contributed by atoms with van der Waals surface area (Å²) >= 11 is 0. The van der Waals surface area contributed by atoms with Gasteiger partial charge in [0, 0.05) is 26.2 Å². The molecule has 0 radical (unpaired) electrons. The van der Waals surface area contributed by atoms with E-state index in [1.165, 1.54) is 15.7 Å². The average molecular weight is 503 g/mol. The van der Waals surface area contributed by atoms with Crippen LogP contribution in [0.3, 0.4) is 0 Å². The molecule has 0 spiro atoms. The van der Waals surface area contributed by atoms with E-state index in [1.807, 2.05) is 36.4 Å². The van der Waals surface area contributed by atoms with Gasteiger partial charge in [0.1, 0.15) is 12.4 Å². The fraction of sp³-hybridized carbons (Fsp3) is 0.400. The lowest BCUT2D eigenvalue weighted by atomic mass is 9.72. The second-order valence-electron chi connectivity index (χ2n) is 10.2. The maximum absolute atomic E-state index is 13.8. The summed E-state index contributed by atoms with van der Waals surface area (Å²) in [5, 5.41) is 23.3. The fourth-order valence-electron chi connectivity index (χ4n) is 5.69. The Kier molecular flexibility index (Phi) is 7.33. The lowest BCUT2D eigenvalue weighted by molar-refractivity contribution is -0.143. The van der Waals surface area contributed by atoms with Gasteiger partial charge in [0.05, 0.1) is 11.5 Å². The topological polar surface area (TPSA) is 90.3 Å². The van der Waals surface area contributed by atoms with Gasteiger partial charge < -0.3 is 24.7 Å². The number of fused-ring (bicyclic) bond motifs is 1. The normalized spacial score (nSPS) is 18.4. The molecule has 2 amide bonds. The molecule has 194 valence electrons. The minimum atomic E-state index is -1.10. The minimum Gasteiger partial charge on any atom is -0.489 e. The van der Waals surface area contributed by atoms with Crippen LogP contribution in [0.4, 0.5) is 4.79 Å². The number of nitrogens with zero attached hydrogens (tertiary/aromatic N) is 2. The zero-order valence-electron chi connectivity index (χ0n) is 21.0. The van der Waals surface area contributed by atoms with Crippen LogP contribution < -0.4 is 4.74 Å². The Hall–Kier alpha value is -3.58. The van der Waals surface area contributed by atoms with Crippen molar-refractivity contribution in [3.63, 3.8) is 0 Å². The minimum absolute atomic E-state index is 0.126. The Morgan fingerprint density at radius 2 is 1.49 bits per heavy atom. The Balaban J connectivity index is 1.31. The maximum atomic E-state index is 13.8. The first-order valence-electron chi connectivity index (χ1n) is 13.1. The van der Waals surface area contributed by atoms with Crippen LogP contribution in [0.2, 0.25) is 0 Å². The number of hydrogen-bond donors (Lipinski definition) is 2. The van der Waals surface area contributed by atoms with E-state index in [0.29, 0.717) is 38.3 Å². The Bertz CT molecular complexity index is 1240. The number of carbonyl (C=O) groups is 2. The van der Waals surface area contributed by atoms with Gasteiger partial charge in [0.15, 0.2) is 0 Å². The van der Waals surface area contributed by atoms with E-state index in [1.54, 1.807) is 4.90 Å². The number of carboxylic acid groups (broad SMARTS) is 1. The summed E-state index contributed by atoms with van der Waals surface area (Å²) in [5.41, 5.74) is 0.744. The third kappa shape index (κ3) is 5.57. The number of benzene rings is 3. The molecule has 1 unspecified atom stereocenters. The molecule has 2 fully saturated rings. The van der Waals surface area contributed by atoms with Crippen molar-refractivity contribution >= 4 is 22.8 Å². The number of piperazine rings is 1. The summed E-state index contributed by atoms with van der Waals surface area (Å²) in [7, 11) is 0. The van der Waals surface area contributed by atoms with Crippen LogP contribution in [0.5, 0.6) is 5.75 Å². The van der Waals surface area contributed by atoms with Crippen molar-refractivity contribution < 1.29 is 24.5 Å². The molecule has 1 aliphatic heterocycles. The first kappa shape index (κ1) is 25.1. The Morgan fingerprint density at radius 3 is 2.16 bits per heavy atom. The molecule has 1 heterocycles. The van der Waals surface area contributed by atoms with Crippen LogP contribution in [0.15, 0.2) is 66.7 Å². The molecule has 0 aromatic heterocycles. The van der Waals surface area contributed by atoms with Gasteiger partial charge in [-0.2, -0.15) is 0 Å². The maximum Gasteiger partial charge on any atom is 0.407 e. The number of amides is 2. The van der Waals surface area contributed by atoms with Crippen LogP contribution in [0.1, 0.15) is 49.1 Å². The average Bonchev–Trinajstić information content (AvgIpc) is 2.93. The molecule has 2 N–H and O–H groups in total. The number of ether oxygens (including phenoxy) is 1. The van der Waals surface area contributed by atoms with Crippen molar-refractivity contribution in [2.45, 2.75) is 50.2 Å². The van der Waals surface area contributed by atoms with Gasteiger partial charge in [-0.3, -0.25) is 4.79 Å². The molecule has 1 aliphatic carbocycles.